The number of carbonyl (C=O) groups is 3. The molecular weight excluding hydrogens is 474 g/mol. The Hall–Kier alpha value is -3.56. The van der Waals surface area contributed by atoms with Crippen LogP contribution in [-0.4, -0.2) is 53.4 Å². The van der Waals surface area contributed by atoms with Gasteiger partial charge in [-0.25, -0.2) is 4.79 Å². The molecule has 5 rings (SSSR count). The molecule has 10 heteroatoms. The zero-order valence-corrected chi connectivity index (χ0v) is 21.6. The van der Waals surface area contributed by atoms with E-state index in [4.69, 9.17) is 9.47 Å². The molecule has 3 atom stereocenters. The standard InChI is InChI=1S/C27H35N5O5/c1-16(20-9-7-18(14-22(20)36-3)32-12-4-5-24(32)33)25(34)28-23-15-21(30-31-23)17-6-8-19(13-17)37-26(35)29-27(2)10-11-27/h7,9,14-17,19H,4-6,8,10-13H2,1-3H3,(H,29,35)(H2,28,30,31,34)/t16?,17-,19+/m0/s1. The van der Waals surface area contributed by atoms with Crippen molar-refractivity contribution in [1.82, 2.24) is 15.5 Å². The minimum Gasteiger partial charge on any atom is -0.496 e. The summed E-state index contributed by atoms with van der Waals surface area (Å²) in [7, 11) is 1.56. The van der Waals surface area contributed by atoms with Crippen LogP contribution in [0.2, 0.25) is 0 Å². The average molecular weight is 510 g/mol. The molecular formula is C27H35N5O5. The van der Waals surface area contributed by atoms with Gasteiger partial charge in [0.05, 0.1) is 13.0 Å². The fourth-order valence-electron chi connectivity index (χ4n) is 5.20. The maximum absolute atomic E-state index is 13.0. The number of benzene rings is 1. The van der Waals surface area contributed by atoms with Gasteiger partial charge in [0.2, 0.25) is 11.8 Å². The molecule has 1 aromatic heterocycles. The van der Waals surface area contributed by atoms with Gasteiger partial charge >= 0.3 is 6.09 Å². The largest absolute Gasteiger partial charge is 0.496 e. The van der Waals surface area contributed by atoms with Gasteiger partial charge < -0.3 is 25.0 Å². The summed E-state index contributed by atoms with van der Waals surface area (Å²) in [6, 6.07) is 7.38. The molecule has 3 aliphatic rings. The fourth-order valence-corrected chi connectivity index (χ4v) is 5.20. The first kappa shape index (κ1) is 25.1. The molecule has 3 N–H and O–H groups in total. The van der Waals surface area contributed by atoms with Crippen LogP contribution in [0.15, 0.2) is 24.3 Å². The Morgan fingerprint density at radius 2 is 2.05 bits per heavy atom. The van der Waals surface area contributed by atoms with Crippen LogP contribution in [0.25, 0.3) is 0 Å². The Balaban J connectivity index is 1.17. The first-order valence-corrected chi connectivity index (χ1v) is 13.1. The summed E-state index contributed by atoms with van der Waals surface area (Å²) in [5, 5.41) is 13.1. The van der Waals surface area contributed by atoms with Crippen molar-refractivity contribution in [2.45, 2.75) is 82.3 Å². The van der Waals surface area contributed by atoms with Crippen molar-refractivity contribution < 1.29 is 23.9 Å². The predicted octanol–water partition coefficient (Wildman–Crippen LogP) is 4.20. The second-order valence-electron chi connectivity index (χ2n) is 10.7. The molecule has 1 unspecified atom stereocenters. The lowest BCUT2D eigenvalue weighted by Crippen LogP contribution is -2.36. The van der Waals surface area contributed by atoms with Crippen molar-refractivity contribution in [1.29, 1.82) is 0 Å². The molecule has 1 aromatic carbocycles. The van der Waals surface area contributed by atoms with Gasteiger partial charge in [0.15, 0.2) is 5.82 Å². The number of rotatable bonds is 8. The number of hydrogen-bond donors (Lipinski definition) is 3. The van der Waals surface area contributed by atoms with Crippen molar-refractivity contribution in [3.8, 4) is 5.75 Å². The monoisotopic (exact) mass is 509 g/mol. The molecule has 2 aliphatic carbocycles. The molecule has 1 saturated heterocycles. The van der Waals surface area contributed by atoms with E-state index in [0.29, 0.717) is 24.5 Å². The van der Waals surface area contributed by atoms with E-state index >= 15 is 0 Å². The lowest BCUT2D eigenvalue weighted by molar-refractivity contribution is -0.118. The van der Waals surface area contributed by atoms with E-state index in [1.165, 1.54) is 0 Å². The van der Waals surface area contributed by atoms with Gasteiger partial charge in [-0.2, -0.15) is 5.10 Å². The van der Waals surface area contributed by atoms with Gasteiger partial charge in [-0.15, -0.1) is 0 Å². The number of H-pyrrole nitrogens is 1. The smallest absolute Gasteiger partial charge is 0.407 e. The van der Waals surface area contributed by atoms with Crippen LogP contribution < -0.4 is 20.3 Å². The van der Waals surface area contributed by atoms with E-state index < -0.39 is 5.92 Å². The highest BCUT2D eigenvalue weighted by atomic mass is 16.6. The Labute approximate surface area is 216 Å². The Kier molecular flexibility index (Phi) is 6.83. The Morgan fingerprint density at radius 3 is 2.76 bits per heavy atom. The van der Waals surface area contributed by atoms with E-state index in [0.717, 1.165) is 55.5 Å². The number of aromatic nitrogens is 2. The lowest BCUT2D eigenvalue weighted by Gasteiger charge is -2.20. The third-order valence-corrected chi connectivity index (χ3v) is 7.81. The van der Waals surface area contributed by atoms with Crippen molar-refractivity contribution in [3.05, 3.63) is 35.5 Å². The predicted molar refractivity (Wildman–Crippen MR) is 138 cm³/mol. The van der Waals surface area contributed by atoms with Crippen LogP contribution in [0, 0.1) is 0 Å². The second-order valence-corrected chi connectivity index (χ2v) is 10.7. The highest BCUT2D eigenvalue weighted by Crippen LogP contribution is 2.38. The fraction of sp³-hybridized carbons (Fsp3) is 0.556. The topological polar surface area (TPSA) is 126 Å². The summed E-state index contributed by atoms with van der Waals surface area (Å²) < 4.78 is 11.2. The maximum Gasteiger partial charge on any atom is 0.407 e. The SMILES string of the molecule is COc1cc(N2CCCC2=O)ccc1C(C)C(=O)Nc1cc([C@H]2CC[C@@H](OC(=O)NC3(C)CC3)C2)[nH]n1. The van der Waals surface area contributed by atoms with Crippen molar-refractivity contribution >= 4 is 29.4 Å². The summed E-state index contributed by atoms with van der Waals surface area (Å²) in [5.74, 6) is 0.610. The van der Waals surface area contributed by atoms with E-state index in [9.17, 15) is 14.4 Å². The first-order valence-electron chi connectivity index (χ1n) is 13.1. The molecule has 198 valence electrons. The number of anilines is 2. The van der Waals surface area contributed by atoms with Crippen LogP contribution in [0.5, 0.6) is 5.75 Å². The number of carbonyl (C=O) groups excluding carboxylic acids is 3. The molecule has 1 aliphatic heterocycles. The minimum absolute atomic E-state index is 0.0955. The van der Waals surface area contributed by atoms with Gasteiger partial charge in [0.1, 0.15) is 11.9 Å². The maximum atomic E-state index is 13.0. The number of hydrogen-bond acceptors (Lipinski definition) is 6. The molecule has 3 fully saturated rings. The second kappa shape index (κ2) is 10.1. The van der Waals surface area contributed by atoms with Gasteiger partial charge in [0, 0.05) is 53.5 Å². The molecule has 2 saturated carbocycles. The Bertz CT molecular complexity index is 1190. The number of nitrogens with one attached hydrogen (secondary N) is 3. The number of amides is 3. The van der Waals surface area contributed by atoms with Crippen LogP contribution >= 0.6 is 0 Å². The van der Waals surface area contributed by atoms with Crippen LogP contribution in [0.3, 0.4) is 0 Å². The third kappa shape index (κ3) is 5.57. The summed E-state index contributed by atoms with van der Waals surface area (Å²) in [6.45, 7) is 4.53. The molecule has 37 heavy (non-hydrogen) atoms. The van der Waals surface area contributed by atoms with Crippen LogP contribution in [0.1, 0.15) is 81.9 Å². The molecule has 0 bridgehead atoms. The quantitative estimate of drug-likeness (QED) is 0.490. The summed E-state index contributed by atoms with van der Waals surface area (Å²) in [5.41, 5.74) is 2.34. The zero-order valence-electron chi connectivity index (χ0n) is 21.6. The van der Waals surface area contributed by atoms with Gasteiger partial charge in [0.25, 0.3) is 0 Å². The molecule has 2 heterocycles. The van der Waals surface area contributed by atoms with Crippen LogP contribution in [-0.2, 0) is 14.3 Å². The lowest BCUT2D eigenvalue weighted by atomic mass is 9.98. The Morgan fingerprint density at radius 1 is 1.24 bits per heavy atom. The summed E-state index contributed by atoms with van der Waals surface area (Å²) in [6.07, 6.45) is 5.32. The summed E-state index contributed by atoms with van der Waals surface area (Å²) in [4.78, 5) is 39.0. The zero-order chi connectivity index (χ0) is 26.2. The minimum atomic E-state index is -0.491. The molecule has 10 nitrogen and oxygen atoms in total. The average Bonchev–Trinajstić information content (AvgIpc) is 3.28. The highest BCUT2D eigenvalue weighted by Gasteiger charge is 2.40. The van der Waals surface area contributed by atoms with Gasteiger partial charge in [-0.05, 0) is 58.4 Å². The molecule has 3 amide bonds. The number of ether oxygens (including phenoxy) is 2. The number of aromatic amines is 1. The van der Waals surface area contributed by atoms with Crippen molar-refractivity contribution in [2.75, 3.05) is 23.9 Å². The summed E-state index contributed by atoms with van der Waals surface area (Å²) >= 11 is 0. The molecule has 0 radical (unpaired) electrons. The van der Waals surface area contributed by atoms with Gasteiger partial charge in [-0.1, -0.05) is 6.07 Å². The van der Waals surface area contributed by atoms with E-state index in [-0.39, 0.29) is 35.5 Å². The van der Waals surface area contributed by atoms with Crippen LogP contribution in [0.4, 0.5) is 16.3 Å². The van der Waals surface area contributed by atoms with E-state index in [1.807, 2.05) is 38.1 Å². The van der Waals surface area contributed by atoms with E-state index in [2.05, 4.69) is 20.8 Å². The van der Waals surface area contributed by atoms with Crippen molar-refractivity contribution in [2.24, 2.45) is 0 Å². The van der Waals surface area contributed by atoms with E-state index in [1.54, 1.807) is 12.0 Å². The molecule has 0 spiro atoms. The number of methoxy groups -OCH3 is 1. The number of alkyl carbamates (subject to hydrolysis) is 1. The van der Waals surface area contributed by atoms with Crippen molar-refractivity contribution in [3.63, 3.8) is 0 Å². The highest BCUT2D eigenvalue weighted by molar-refractivity contribution is 5.97. The first-order chi connectivity index (χ1) is 17.7. The van der Waals surface area contributed by atoms with Gasteiger partial charge in [-0.3, -0.25) is 14.7 Å². The molecule has 2 aromatic rings. The number of nitrogens with zero attached hydrogens (tertiary/aromatic N) is 2. The normalized spacial score (nSPS) is 23.0. The third-order valence-electron chi connectivity index (χ3n) is 7.81.